The summed E-state index contributed by atoms with van der Waals surface area (Å²) in [6.45, 7) is 0. The van der Waals surface area contributed by atoms with E-state index in [1.807, 2.05) is 0 Å². The highest BCUT2D eigenvalue weighted by Crippen LogP contribution is 2.29. The highest BCUT2D eigenvalue weighted by molar-refractivity contribution is 14.1. The molecule has 0 aliphatic heterocycles. The fourth-order valence-corrected chi connectivity index (χ4v) is 1.85. The van der Waals surface area contributed by atoms with Crippen LogP contribution in [0.1, 0.15) is 28.0 Å². The zero-order chi connectivity index (χ0) is 12.3. The summed E-state index contributed by atoms with van der Waals surface area (Å²) in [5, 5.41) is 8.63. The second-order valence-electron chi connectivity index (χ2n) is 2.65. The molecular formula is C9H5F2IN2O2. The van der Waals surface area contributed by atoms with Gasteiger partial charge in [-0.15, -0.1) is 0 Å². The SMILES string of the molecule is COC(=O)c1cnc(C#N)c(I)c1C(F)F. The highest BCUT2D eigenvalue weighted by Gasteiger charge is 2.24. The number of halogens is 3. The number of esters is 1. The third-order valence-corrected chi connectivity index (χ3v) is 2.88. The Balaban J connectivity index is 3.48. The molecule has 0 fully saturated rings. The first kappa shape index (κ1) is 12.8. The minimum absolute atomic E-state index is 0.0296. The van der Waals surface area contributed by atoms with Crippen LogP contribution in [0.4, 0.5) is 8.78 Å². The maximum atomic E-state index is 12.8. The smallest absolute Gasteiger partial charge is 0.339 e. The standard InChI is InChI=1S/C9H5F2IN2O2/c1-16-9(15)4-3-14-5(2-13)7(12)6(4)8(10)11/h3,8H,1H3. The van der Waals surface area contributed by atoms with Crippen LogP contribution < -0.4 is 0 Å². The number of ether oxygens (including phenoxy) is 1. The van der Waals surface area contributed by atoms with Crippen molar-refractivity contribution in [2.75, 3.05) is 7.11 Å². The van der Waals surface area contributed by atoms with Crippen LogP contribution in [0.25, 0.3) is 0 Å². The number of hydrogen-bond donors (Lipinski definition) is 0. The highest BCUT2D eigenvalue weighted by atomic mass is 127. The van der Waals surface area contributed by atoms with Gasteiger partial charge in [0.05, 0.1) is 21.8 Å². The Morgan fingerprint density at radius 3 is 2.75 bits per heavy atom. The van der Waals surface area contributed by atoms with E-state index in [-0.39, 0.29) is 14.8 Å². The predicted molar refractivity (Wildman–Crippen MR) is 58.0 cm³/mol. The van der Waals surface area contributed by atoms with Crippen LogP contribution in [0.15, 0.2) is 6.20 Å². The van der Waals surface area contributed by atoms with Gasteiger partial charge in [0.25, 0.3) is 6.43 Å². The number of carbonyl (C=O) groups is 1. The van der Waals surface area contributed by atoms with Gasteiger partial charge in [0.1, 0.15) is 6.07 Å². The molecule has 1 heterocycles. The van der Waals surface area contributed by atoms with E-state index in [1.54, 1.807) is 28.7 Å². The predicted octanol–water partition coefficient (Wildman–Crippen LogP) is 2.28. The second-order valence-corrected chi connectivity index (χ2v) is 3.73. The van der Waals surface area contributed by atoms with E-state index in [0.29, 0.717) is 0 Å². The van der Waals surface area contributed by atoms with Crippen LogP contribution >= 0.6 is 22.6 Å². The molecule has 0 bridgehead atoms. The molecule has 0 spiro atoms. The maximum absolute atomic E-state index is 12.8. The normalized spacial score (nSPS) is 10.0. The number of rotatable bonds is 2. The molecule has 7 heteroatoms. The molecule has 0 unspecified atom stereocenters. The van der Waals surface area contributed by atoms with Crippen molar-refractivity contribution in [1.29, 1.82) is 5.26 Å². The molecule has 0 saturated heterocycles. The molecule has 0 N–H and O–H groups in total. The molecule has 1 aromatic heterocycles. The maximum Gasteiger partial charge on any atom is 0.339 e. The van der Waals surface area contributed by atoms with Gasteiger partial charge in [0.2, 0.25) is 0 Å². The number of hydrogen-bond acceptors (Lipinski definition) is 4. The Kier molecular flexibility index (Phi) is 4.12. The van der Waals surface area contributed by atoms with Gasteiger partial charge in [0, 0.05) is 6.20 Å². The van der Waals surface area contributed by atoms with Crippen molar-refractivity contribution in [2.45, 2.75) is 6.43 Å². The number of alkyl halides is 2. The van der Waals surface area contributed by atoms with E-state index in [9.17, 15) is 13.6 Å². The molecule has 16 heavy (non-hydrogen) atoms. The number of methoxy groups -OCH3 is 1. The van der Waals surface area contributed by atoms with Crippen LogP contribution in [0.5, 0.6) is 0 Å². The van der Waals surface area contributed by atoms with Crippen molar-refractivity contribution >= 4 is 28.6 Å². The number of aromatic nitrogens is 1. The van der Waals surface area contributed by atoms with E-state index in [0.717, 1.165) is 13.3 Å². The molecule has 0 atom stereocenters. The lowest BCUT2D eigenvalue weighted by molar-refractivity contribution is 0.0588. The van der Waals surface area contributed by atoms with Crippen molar-refractivity contribution in [2.24, 2.45) is 0 Å². The molecule has 84 valence electrons. The molecule has 0 radical (unpaired) electrons. The van der Waals surface area contributed by atoms with Gasteiger partial charge in [-0.3, -0.25) is 0 Å². The van der Waals surface area contributed by atoms with Gasteiger partial charge in [-0.1, -0.05) is 0 Å². The van der Waals surface area contributed by atoms with E-state index in [4.69, 9.17) is 5.26 Å². The average molecular weight is 338 g/mol. The van der Waals surface area contributed by atoms with Crippen molar-refractivity contribution in [1.82, 2.24) is 4.98 Å². The number of carbonyl (C=O) groups excluding carboxylic acids is 1. The van der Waals surface area contributed by atoms with Gasteiger partial charge < -0.3 is 4.74 Å². The summed E-state index contributed by atoms with van der Waals surface area (Å²) in [7, 11) is 1.09. The fraction of sp³-hybridized carbons (Fsp3) is 0.222. The summed E-state index contributed by atoms with van der Waals surface area (Å²) in [5.41, 5.74) is -0.969. The van der Waals surface area contributed by atoms with Gasteiger partial charge in [-0.25, -0.2) is 18.6 Å². The van der Waals surface area contributed by atoms with Crippen molar-refractivity contribution in [3.8, 4) is 6.07 Å². The third-order valence-electron chi connectivity index (χ3n) is 1.79. The third kappa shape index (κ3) is 2.27. The quantitative estimate of drug-likeness (QED) is 0.613. The molecule has 0 aliphatic carbocycles. The second kappa shape index (κ2) is 5.16. The molecular weight excluding hydrogens is 333 g/mol. The fourth-order valence-electron chi connectivity index (χ4n) is 1.07. The van der Waals surface area contributed by atoms with Crippen LogP contribution in [-0.2, 0) is 4.74 Å². The Labute approximate surface area is 103 Å². The lowest BCUT2D eigenvalue weighted by Crippen LogP contribution is -2.10. The van der Waals surface area contributed by atoms with Crippen molar-refractivity contribution in [3.63, 3.8) is 0 Å². The lowest BCUT2D eigenvalue weighted by atomic mass is 10.1. The first-order valence-corrected chi connectivity index (χ1v) is 5.05. The van der Waals surface area contributed by atoms with Crippen LogP contribution in [0.2, 0.25) is 0 Å². The van der Waals surface area contributed by atoms with Crippen molar-refractivity contribution in [3.05, 3.63) is 26.6 Å². The first-order chi connectivity index (χ1) is 7.52. The zero-order valence-corrected chi connectivity index (χ0v) is 10.2. The molecule has 0 amide bonds. The minimum Gasteiger partial charge on any atom is -0.465 e. The van der Waals surface area contributed by atoms with Gasteiger partial charge >= 0.3 is 5.97 Å². The summed E-state index contributed by atoms with van der Waals surface area (Å²) in [6.07, 6.45) is -1.94. The van der Waals surface area contributed by atoms with E-state index in [1.165, 1.54) is 0 Å². The molecule has 0 saturated carbocycles. The number of nitrogens with zero attached hydrogens (tertiary/aromatic N) is 2. The van der Waals surface area contributed by atoms with E-state index >= 15 is 0 Å². The summed E-state index contributed by atoms with van der Waals surface area (Å²) >= 11 is 1.56. The summed E-state index contributed by atoms with van der Waals surface area (Å²) < 4.78 is 29.8. The zero-order valence-electron chi connectivity index (χ0n) is 8.00. The van der Waals surface area contributed by atoms with Crippen LogP contribution in [0, 0.1) is 14.9 Å². The number of nitriles is 1. The van der Waals surface area contributed by atoms with E-state index < -0.39 is 18.0 Å². The molecule has 0 aromatic carbocycles. The first-order valence-electron chi connectivity index (χ1n) is 3.97. The largest absolute Gasteiger partial charge is 0.465 e. The molecule has 1 rings (SSSR count). The van der Waals surface area contributed by atoms with Gasteiger partial charge in [0.15, 0.2) is 5.69 Å². The monoisotopic (exact) mass is 338 g/mol. The summed E-state index contributed by atoms with van der Waals surface area (Å²) in [6, 6.07) is 1.67. The van der Waals surface area contributed by atoms with Gasteiger partial charge in [-0.2, -0.15) is 5.26 Å². The molecule has 4 nitrogen and oxygen atoms in total. The Morgan fingerprint density at radius 2 is 2.31 bits per heavy atom. The lowest BCUT2D eigenvalue weighted by Gasteiger charge is -2.09. The van der Waals surface area contributed by atoms with Gasteiger partial charge in [-0.05, 0) is 22.6 Å². The average Bonchev–Trinajstić information content (AvgIpc) is 2.26. The topological polar surface area (TPSA) is 63.0 Å². The summed E-state index contributed by atoms with van der Waals surface area (Å²) in [4.78, 5) is 14.8. The molecule has 1 aromatic rings. The minimum atomic E-state index is -2.86. The molecule has 0 aliphatic rings. The Hall–Kier alpha value is -1.30. The van der Waals surface area contributed by atoms with Crippen molar-refractivity contribution < 1.29 is 18.3 Å². The van der Waals surface area contributed by atoms with Crippen LogP contribution in [0.3, 0.4) is 0 Å². The Bertz CT molecular complexity index is 471. The Morgan fingerprint density at radius 1 is 1.69 bits per heavy atom. The van der Waals surface area contributed by atoms with Crippen LogP contribution in [-0.4, -0.2) is 18.1 Å². The number of pyridine rings is 1. The van der Waals surface area contributed by atoms with E-state index in [2.05, 4.69) is 9.72 Å². The summed E-state index contributed by atoms with van der Waals surface area (Å²) in [5.74, 6) is -0.898.